The topological polar surface area (TPSA) is 248 Å². The van der Waals surface area contributed by atoms with Gasteiger partial charge < -0.3 is 35.1 Å². The zero-order valence-electron chi connectivity index (χ0n) is 40.7. The van der Waals surface area contributed by atoms with Crippen LogP contribution in [0.4, 0.5) is 16.2 Å². The molecule has 0 bridgehead atoms. The van der Waals surface area contributed by atoms with Gasteiger partial charge in [0.1, 0.15) is 13.2 Å². The Morgan fingerprint density at radius 2 is 1.49 bits per heavy atom. The van der Waals surface area contributed by atoms with E-state index in [9.17, 15) is 45.1 Å². The standard InChI is InChI=1S/C52H67N5O11S2/c1-37-22-25-43-40(34-37)51(3,4)46(56(43)30-14-32-69(62,63)64)19-10-7-11-20-47-52(5,41-35-38(2)23-26-44(41)57(47)31-15-33-70(65,66)67)28-12-21-49(60)54-29-13-18-45(58)42(24-27-48(53)59)55-50(61)68-36-39-16-8-6-9-17-39/h6-11,16-17,19-20,22-23,25-26,34-35,42H,12-15,18,21,24,27-33,36H2,1-5H3,(H5-,53,54,55,59,60,61,62,63,64,65,66,67)/p-1/t42-,52?/m0/s1. The summed E-state index contributed by atoms with van der Waals surface area (Å²) in [5.74, 6) is -2.16. The van der Waals surface area contributed by atoms with E-state index in [-0.39, 0.29) is 76.3 Å². The summed E-state index contributed by atoms with van der Waals surface area (Å²) in [4.78, 5) is 52.5. The van der Waals surface area contributed by atoms with Crippen molar-refractivity contribution in [1.82, 2.24) is 10.6 Å². The average molecular weight is 1000 g/mol. The van der Waals surface area contributed by atoms with Gasteiger partial charge >= 0.3 is 6.09 Å². The highest BCUT2D eigenvalue weighted by Crippen LogP contribution is 2.51. The van der Waals surface area contributed by atoms with E-state index in [4.69, 9.17) is 10.5 Å². The highest BCUT2D eigenvalue weighted by Gasteiger charge is 2.45. The Morgan fingerprint density at radius 1 is 0.814 bits per heavy atom. The molecule has 378 valence electrons. The molecule has 0 saturated heterocycles. The Hall–Kier alpha value is -5.95. The Morgan fingerprint density at radius 3 is 2.17 bits per heavy atom. The fraction of sp³-hybridized carbons (Fsp3) is 0.442. The lowest BCUT2D eigenvalue weighted by molar-refractivity contribution is -0.437. The van der Waals surface area contributed by atoms with Crippen LogP contribution in [-0.2, 0) is 56.8 Å². The molecule has 0 fully saturated rings. The van der Waals surface area contributed by atoms with Crippen LogP contribution in [0.5, 0.6) is 0 Å². The molecule has 0 radical (unpaired) electrons. The number of Topliss-reactive ketones (excluding diaryl/α,β-unsaturated/α-hetero) is 1. The maximum atomic E-state index is 13.2. The summed E-state index contributed by atoms with van der Waals surface area (Å²) in [5.41, 5.74) is 12.8. The van der Waals surface area contributed by atoms with E-state index in [1.165, 1.54) is 0 Å². The number of carbonyl (C=O) groups is 4. The van der Waals surface area contributed by atoms with Gasteiger partial charge in [-0.05, 0) is 96.1 Å². The van der Waals surface area contributed by atoms with Crippen LogP contribution in [0.2, 0.25) is 0 Å². The number of hydrogen-bond donors (Lipinski definition) is 3. The summed E-state index contributed by atoms with van der Waals surface area (Å²) in [5, 5.41) is 5.43. The summed E-state index contributed by atoms with van der Waals surface area (Å²) in [6.45, 7) is 11.1. The van der Waals surface area contributed by atoms with Crippen LogP contribution in [0.15, 0.2) is 103 Å². The van der Waals surface area contributed by atoms with Gasteiger partial charge in [-0.1, -0.05) is 77.9 Å². The van der Waals surface area contributed by atoms with Crippen molar-refractivity contribution in [2.45, 2.75) is 116 Å². The quantitative estimate of drug-likeness (QED) is 0.0337. The summed E-state index contributed by atoms with van der Waals surface area (Å²) >= 11 is 0. The predicted octanol–water partition coefficient (Wildman–Crippen LogP) is 6.52. The summed E-state index contributed by atoms with van der Waals surface area (Å²) in [6.07, 6.45) is 10.5. The first kappa shape index (κ1) is 55.0. The number of nitrogens with one attached hydrogen (secondary N) is 2. The first-order valence-corrected chi connectivity index (χ1v) is 26.8. The Balaban J connectivity index is 1.28. The molecule has 2 aliphatic rings. The molecular weight excluding hydrogens is 935 g/mol. The van der Waals surface area contributed by atoms with Crippen molar-refractivity contribution in [3.05, 3.63) is 131 Å². The first-order valence-electron chi connectivity index (χ1n) is 23.6. The van der Waals surface area contributed by atoms with Crippen LogP contribution in [-0.4, -0.2) is 97.1 Å². The minimum absolute atomic E-state index is 0.00134. The molecule has 0 aliphatic carbocycles. The van der Waals surface area contributed by atoms with Gasteiger partial charge in [-0.3, -0.25) is 14.4 Å². The molecule has 3 aromatic rings. The number of carbonyl (C=O) groups excluding carboxylic acids is 4. The number of nitrogens with zero attached hydrogens (tertiary/aromatic N) is 2. The third-order valence-corrected chi connectivity index (χ3v) is 14.4. The van der Waals surface area contributed by atoms with E-state index in [1.54, 1.807) is 12.1 Å². The minimum atomic E-state index is -4.47. The number of rotatable bonds is 26. The van der Waals surface area contributed by atoms with Gasteiger partial charge in [0.2, 0.25) is 17.5 Å². The number of fused-ring (bicyclic) bond motifs is 2. The lowest BCUT2D eigenvalue weighted by atomic mass is 9.76. The lowest BCUT2D eigenvalue weighted by Crippen LogP contribution is -2.42. The van der Waals surface area contributed by atoms with Crippen molar-refractivity contribution in [3.63, 3.8) is 0 Å². The number of anilines is 1. The highest BCUT2D eigenvalue weighted by molar-refractivity contribution is 7.85. The van der Waals surface area contributed by atoms with Crippen LogP contribution >= 0.6 is 0 Å². The fourth-order valence-electron chi connectivity index (χ4n) is 9.22. The molecule has 4 N–H and O–H groups in total. The maximum absolute atomic E-state index is 13.2. The first-order chi connectivity index (χ1) is 33.0. The third-order valence-electron chi connectivity index (χ3n) is 12.8. The summed E-state index contributed by atoms with van der Waals surface area (Å²) in [6, 6.07) is 20.2. The van der Waals surface area contributed by atoms with Crippen LogP contribution in [0.1, 0.15) is 106 Å². The highest BCUT2D eigenvalue weighted by atomic mass is 32.2. The van der Waals surface area contributed by atoms with Gasteiger partial charge in [0.05, 0.1) is 31.7 Å². The number of allylic oxidation sites excluding steroid dienone is 6. The van der Waals surface area contributed by atoms with Crippen molar-refractivity contribution >= 4 is 61.0 Å². The van der Waals surface area contributed by atoms with Gasteiger partial charge in [-0.15, -0.1) is 0 Å². The molecule has 2 atom stereocenters. The number of primary amides is 1. The maximum Gasteiger partial charge on any atom is 0.408 e. The number of benzene rings is 3. The number of amides is 3. The molecule has 18 heteroatoms. The van der Waals surface area contributed by atoms with Crippen LogP contribution < -0.4 is 21.3 Å². The Kier molecular flexibility index (Phi) is 19.0. The minimum Gasteiger partial charge on any atom is -0.748 e. The summed E-state index contributed by atoms with van der Waals surface area (Å²) < 4.78 is 76.8. The molecule has 5 rings (SSSR count). The second kappa shape index (κ2) is 24.3. The SMILES string of the molecule is Cc1ccc2c(c1)C(C)(C)C(/C=C/C=C/C=C1\N(CCCS(=O)(=O)[O-])c3ccc(C)cc3C1(C)CCCC(=O)NCCCC(=O)[C@H](CCC(N)=O)NC(=O)OCc1ccccc1)=[N+]2CCCS(=O)(=O)[O-]. The van der Waals surface area contributed by atoms with E-state index < -0.39 is 60.6 Å². The molecule has 2 aliphatic heterocycles. The number of nitrogens with two attached hydrogens (primary N) is 1. The molecule has 2 heterocycles. The number of alkyl carbamates (subject to hydrolysis) is 1. The monoisotopic (exact) mass is 1000 g/mol. The van der Waals surface area contributed by atoms with Crippen molar-refractivity contribution in [3.8, 4) is 0 Å². The molecule has 0 saturated carbocycles. The second-order valence-electron chi connectivity index (χ2n) is 18.8. The van der Waals surface area contributed by atoms with E-state index in [1.807, 2.05) is 91.6 Å². The second-order valence-corrected chi connectivity index (χ2v) is 21.8. The van der Waals surface area contributed by atoms with Crippen molar-refractivity contribution in [1.29, 1.82) is 0 Å². The largest absolute Gasteiger partial charge is 0.748 e. The number of hydrogen-bond acceptors (Lipinski definition) is 12. The van der Waals surface area contributed by atoms with E-state index in [0.29, 0.717) is 19.4 Å². The zero-order valence-corrected chi connectivity index (χ0v) is 42.3. The molecule has 0 aromatic heterocycles. The zero-order chi connectivity index (χ0) is 51.3. The molecule has 0 spiro atoms. The van der Waals surface area contributed by atoms with Gasteiger partial charge in [0, 0.05) is 84.8 Å². The van der Waals surface area contributed by atoms with E-state index >= 15 is 0 Å². The summed E-state index contributed by atoms with van der Waals surface area (Å²) in [7, 11) is -8.85. The smallest absolute Gasteiger partial charge is 0.408 e. The van der Waals surface area contributed by atoms with E-state index in [2.05, 4.69) is 48.1 Å². The molecule has 3 amide bonds. The van der Waals surface area contributed by atoms with Gasteiger partial charge in [0.25, 0.3) is 0 Å². The fourth-order valence-corrected chi connectivity index (χ4v) is 10.2. The molecule has 1 unspecified atom stereocenters. The Labute approximate surface area is 412 Å². The number of aryl methyl sites for hydroxylation is 2. The van der Waals surface area contributed by atoms with Gasteiger partial charge in [-0.2, -0.15) is 4.58 Å². The van der Waals surface area contributed by atoms with Crippen LogP contribution in [0.3, 0.4) is 0 Å². The third kappa shape index (κ3) is 15.5. The van der Waals surface area contributed by atoms with E-state index in [0.717, 1.165) is 50.6 Å². The normalized spacial score (nSPS) is 17.5. The average Bonchev–Trinajstić information content (AvgIpc) is 3.63. The van der Waals surface area contributed by atoms with Crippen LogP contribution in [0.25, 0.3) is 0 Å². The lowest BCUT2D eigenvalue weighted by Gasteiger charge is -2.30. The Bertz CT molecular complexity index is 2750. The van der Waals surface area contributed by atoms with Crippen molar-refractivity contribution in [2.24, 2.45) is 5.73 Å². The molecular formula is C52H66N5O11S2-. The number of ketones is 1. The predicted molar refractivity (Wildman–Crippen MR) is 268 cm³/mol. The molecule has 3 aromatic carbocycles. The van der Waals surface area contributed by atoms with Crippen molar-refractivity contribution < 1.29 is 54.4 Å². The molecule has 70 heavy (non-hydrogen) atoms. The number of ether oxygens (including phenoxy) is 1. The van der Waals surface area contributed by atoms with Crippen LogP contribution in [0, 0.1) is 13.8 Å². The van der Waals surface area contributed by atoms with Gasteiger partial charge in [0.15, 0.2) is 11.5 Å². The van der Waals surface area contributed by atoms with Crippen molar-refractivity contribution in [2.75, 3.05) is 36.0 Å². The van der Waals surface area contributed by atoms with Gasteiger partial charge in [-0.25, -0.2) is 21.6 Å². The molecule has 16 nitrogen and oxygen atoms in total.